The van der Waals surface area contributed by atoms with E-state index in [0.717, 1.165) is 50.4 Å². The van der Waals surface area contributed by atoms with Gasteiger partial charge in [0.25, 0.3) is 0 Å². The van der Waals surface area contributed by atoms with Crippen molar-refractivity contribution in [2.45, 2.75) is 6.42 Å². The summed E-state index contributed by atoms with van der Waals surface area (Å²) in [6.07, 6.45) is 8.50. The number of allylic oxidation sites excluding steroid dienone is 4. The average molecular weight is 805 g/mol. The molecule has 0 N–H and O–H groups in total. The van der Waals surface area contributed by atoms with Gasteiger partial charge in [-0.1, -0.05) is 170 Å². The second-order valence-corrected chi connectivity index (χ2v) is 16.9. The van der Waals surface area contributed by atoms with Crippen molar-refractivity contribution < 1.29 is 0 Å². The topological polar surface area (TPSA) is 35.6 Å². The maximum Gasteiger partial charge on any atom is 0.161 e. The molecule has 2 aliphatic rings. The van der Waals surface area contributed by atoms with E-state index < -0.39 is 0 Å². The van der Waals surface area contributed by atoms with E-state index in [1.807, 2.05) is 12.1 Å². The molecule has 1 unspecified atom stereocenters. The van der Waals surface area contributed by atoms with Crippen LogP contribution in [-0.2, 0) is 0 Å². The third-order valence-corrected chi connectivity index (χ3v) is 13.2. The van der Waals surface area contributed by atoms with Gasteiger partial charge < -0.3 is 9.13 Å². The van der Waals surface area contributed by atoms with Crippen LogP contribution in [0.1, 0.15) is 6.42 Å². The van der Waals surface area contributed by atoms with Gasteiger partial charge in [-0.2, -0.15) is 0 Å². The highest BCUT2D eigenvalue weighted by Crippen LogP contribution is 2.47. The zero-order chi connectivity index (χ0) is 41.4. The molecule has 4 nitrogen and oxygen atoms in total. The molecule has 0 saturated heterocycles. The Morgan fingerprint density at radius 1 is 0.397 bits per heavy atom. The van der Waals surface area contributed by atoms with Crippen molar-refractivity contribution in [1.29, 1.82) is 0 Å². The molecule has 3 aromatic heterocycles. The number of nitrogens with zero attached hydrogens (tertiary/aromatic N) is 4. The van der Waals surface area contributed by atoms with E-state index in [-0.39, 0.29) is 0 Å². The van der Waals surface area contributed by atoms with E-state index in [0.29, 0.717) is 17.7 Å². The Labute approximate surface area is 365 Å². The van der Waals surface area contributed by atoms with Crippen LogP contribution in [0.15, 0.2) is 218 Å². The summed E-state index contributed by atoms with van der Waals surface area (Å²) in [5.74, 6) is 2.07. The lowest BCUT2D eigenvalue weighted by molar-refractivity contribution is 0.969. The highest BCUT2D eigenvalue weighted by atomic mass is 15.0. The number of hydrogen-bond donors (Lipinski definition) is 0. The minimum atomic E-state index is 0.656. The molecule has 296 valence electrons. The van der Waals surface area contributed by atoms with Gasteiger partial charge in [-0.3, -0.25) is 0 Å². The summed E-state index contributed by atoms with van der Waals surface area (Å²) in [7, 11) is 0. The normalized spacial score (nSPS) is 15.6. The van der Waals surface area contributed by atoms with Crippen molar-refractivity contribution in [3.05, 3.63) is 218 Å². The molecule has 1 fully saturated rings. The van der Waals surface area contributed by atoms with Crippen LogP contribution in [0.25, 0.3) is 111 Å². The quantitative estimate of drug-likeness (QED) is 0.161. The van der Waals surface area contributed by atoms with Crippen LogP contribution in [0.4, 0.5) is 0 Å². The Morgan fingerprint density at radius 3 is 1.68 bits per heavy atom. The molecule has 2 aliphatic carbocycles. The summed E-state index contributed by atoms with van der Waals surface area (Å²) >= 11 is 0. The maximum atomic E-state index is 5.21. The van der Waals surface area contributed by atoms with E-state index in [1.165, 1.54) is 61.3 Å². The second-order valence-electron chi connectivity index (χ2n) is 16.9. The fraction of sp³-hybridized carbons (Fsp3) is 0.0508. The average Bonchev–Trinajstić information content (AvgIpc) is 3.96. The van der Waals surface area contributed by atoms with Crippen LogP contribution >= 0.6 is 0 Å². The first kappa shape index (κ1) is 35.7. The highest BCUT2D eigenvalue weighted by Gasteiger charge is 2.35. The number of hydrogen-bond acceptors (Lipinski definition) is 2. The third kappa shape index (κ3) is 5.90. The van der Waals surface area contributed by atoms with E-state index in [1.54, 1.807) is 0 Å². The Hall–Kier alpha value is -8.08. The van der Waals surface area contributed by atoms with Crippen LogP contribution in [0.5, 0.6) is 0 Å². The monoisotopic (exact) mass is 804 g/mol. The number of benzene rings is 8. The van der Waals surface area contributed by atoms with Gasteiger partial charge >= 0.3 is 0 Å². The SMILES string of the molecule is C1=CC2C[C@H]2C=C1n1c2ccccc2c2cccc(-c3ccc(-n4c5ccccc5c5cc(-c6ccccc6-c6nc(-c7ccccc7)cc(-c7ccccc7)n6)ccc54)cc3)c21. The van der Waals surface area contributed by atoms with Crippen molar-refractivity contribution in [3.8, 4) is 61.8 Å². The minimum absolute atomic E-state index is 0.656. The van der Waals surface area contributed by atoms with Crippen molar-refractivity contribution in [1.82, 2.24) is 19.1 Å². The highest BCUT2D eigenvalue weighted by molar-refractivity contribution is 6.15. The molecule has 0 amide bonds. The van der Waals surface area contributed by atoms with E-state index >= 15 is 0 Å². The lowest BCUT2D eigenvalue weighted by Crippen LogP contribution is -1.99. The largest absolute Gasteiger partial charge is 0.309 e. The van der Waals surface area contributed by atoms with Gasteiger partial charge in [0.15, 0.2) is 5.82 Å². The smallest absolute Gasteiger partial charge is 0.161 e. The molecule has 8 aromatic carbocycles. The number of para-hydroxylation sites is 3. The summed E-state index contributed by atoms with van der Waals surface area (Å²) in [6, 6.07) is 71.8. The molecule has 0 aliphatic heterocycles. The van der Waals surface area contributed by atoms with Gasteiger partial charge in [0.2, 0.25) is 0 Å². The summed E-state index contributed by atoms with van der Waals surface area (Å²) in [4.78, 5) is 10.4. The van der Waals surface area contributed by atoms with E-state index in [4.69, 9.17) is 9.97 Å². The Kier molecular flexibility index (Phi) is 8.07. The lowest BCUT2D eigenvalue weighted by atomic mass is 9.97. The maximum absolute atomic E-state index is 5.21. The van der Waals surface area contributed by atoms with E-state index in [2.05, 4.69) is 215 Å². The van der Waals surface area contributed by atoms with Crippen LogP contribution < -0.4 is 0 Å². The first-order valence-corrected chi connectivity index (χ1v) is 21.9. The molecule has 11 aromatic rings. The van der Waals surface area contributed by atoms with Crippen molar-refractivity contribution >= 4 is 49.3 Å². The van der Waals surface area contributed by atoms with Gasteiger partial charge in [0, 0.05) is 55.2 Å². The van der Waals surface area contributed by atoms with Gasteiger partial charge in [0.05, 0.1) is 33.5 Å². The molecule has 0 bridgehead atoms. The first-order chi connectivity index (χ1) is 31.2. The zero-order valence-electron chi connectivity index (χ0n) is 34.4. The fourth-order valence-electron chi connectivity index (χ4n) is 10.0. The summed E-state index contributed by atoms with van der Waals surface area (Å²) in [6.45, 7) is 0. The zero-order valence-corrected chi connectivity index (χ0v) is 34.4. The molecule has 0 radical (unpaired) electrons. The molecule has 1 saturated carbocycles. The van der Waals surface area contributed by atoms with Crippen LogP contribution in [0, 0.1) is 11.8 Å². The first-order valence-electron chi connectivity index (χ1n) is 21.9. The predicted octanol–water partition coefficient (Wildman–Crippen LogP) is 15.1. The van der Waals surface area contributed by atoms with Crippen LogP contribution in [0.3, 0.4) is 0 Å². The Balaban J connectivity index is 0.924. The molecular formula is C59H40N4. The minimum Gasteiger partial charge on any atom is -0.309 e. The molecule has 13 rings (SSSR count). The van der Waals surface area contributed by atoms with Crippen LogP contribution in [0.2, 0.25) is 0 Å². The molecular weight excluding hydrogens is 765 g/mol. The van der Waals surface area contributed by atoms with Gasteiger partial charge in [-0.15, -0.1) is 0 Å². The number of aromatic nitrogens is 4. The molecule has 3 heterocycles. The van der Waals surface area contributed by atoms with Gasteiger partial charge in [-0.25, -0.2) is 9.97 Å². The van der Waals surface area contributed by atoms with Gasteiger partial charge in [0.1, 0.15) is 0 Å². The second kappa shape index (κ2) is 14.3. The Morgan fingerprint density at radius 2 is 0.968 bits per heavy atom. The van der Waals surface area contributed by atoms with Crippen molar-refractivity contribution in [3.63, 3.8) is 0 Å². The number of fused-ring (bicyclic) bond motifs is 7. The van der Waals surface area contributed by atoms with Crippen molar-refractivity contribution in [2.75, 3.05) is 0 Å². The van der Waals surface area contributed by atoms with Crippen molar-refractivity contribution in [2.24, 2.45) is 11.8 Å². The molecule has 63 heavy (non-hydrogen) atoms. The molecule has 0 spiro atoms. The predicted molar refractivity (Wildman–Crippen MR) is 262 cm³/mol. The molecule has 4 heteroatoms. The molecule has 2 atom stereocenters. The summed E-state index contributed by atoms with van der Waals surface area (Å²) < 4.78 is 4.90. The van der Waals surface area contributed by atoms with E-state index in [9.17, 15) is 0 Å². The number of rotatable bonds is 7. The summed E-state index contributed by atoms with van der Waals surface area (Å²) in [5, 5.41) is 4.99. The van der Waals surface area contributed by atoms with Gasteiger partial charge in [-0.05, 0) is 83.5 Å². The lowest BCUT2D eigenvalue weighted by Gasteiger charge is -2.15. The van der Waals surface area contributed by atoms with Crippen LogP contribution in [-0.4, -0.2) is 19.1 Å². The fourth-order valence-corrected chi connectivity index (χ4v) is 10.0. The Bertz CT molecular complexity index is 3590. The summed E-state index contributed by atoms with van der Waals surface area (Å²) in [5.41, 5.74) is 16.8. The standard InChI is InChI=1S/C59H40N4/c1-3-14-39(15-4-1)53-37-54(40-16-5-2-6-17-40)61-59(60-53)51-21-8-7-18-46(51)42-29-33-57-52(36-42)49-20-10-11-24-55(49)62(57)44-30-26-38(27-31-44)47-22-13-23-50-48-19-9-12-25-56(48)63(58(47)50)45-32-28-41-34-43(41)35-45/h1-33,35-37,41,43H,34H2/t41?,43-/m0/s1. The third-order valence-electron chi connectivity index (χ3n) is 13.2.